The van der Waals surface area contributed by atoms with Gasteiger partial charge >= 0.3 is 0 Å². The molecule has 0 amide bonds. The van der Waals surface area contributed by atoms with Gasteiger partial charge in [0.25, 0.3) is 0 Å². The molecule has 3 heterocycles. The van der Waals surface area contributed by atoms with E-state index in [1.165, 1.54) is 24.8 Å². The van der Waals surface area contributed by atoms with Gasteiger partial charge in [0, 0.05) is 30.7 Å². The molecule has 126 valence electrons. The van der Waals surface area contributed by atoms with E-state index in [9.17, 15) is 0 Å². The zero-order valence-electron chi connectivity index (χ0n) is 14.8. The van der Waals surface area contributed by atoms with Crippen molar-refractivity contribution in [2.75, 3.05) is 0 Å². The highest BCUT2D eigenvalue weighted by Crippen LogP contribution is 2.42. The van der Waals surface area contributed by atoms with Crippen molar-refractivity contribution in [2.45, 2.75) is 64.6 Å². The van der Waals surface area contributed by atoms with Crippen LogP contribution in [-0.4, -0.2) is 31.7 Å². The van der Waals surface area contributed by atoms with Crippen LogP contribution >= 0.6 is 0 Å². The van der Waals surface area contributed by atoms with Gasteiger partial charge < -0.3 is 0 Å². The zero-order chi connectivity index (χ0) is 16.7. The van der Waals surface area contributed by atoms with Gasteiger partial charge in [-0.3, -0.25) is 9.47 Å². The van der Waals surface area contributed by atoms with Crippen molar-refractivity contribution in [1.82, 2.24) is 19.7 Å². The van der Waals surface area contributed by atoms with Gasteiger partial charge in [0.2, 0.25) is 0 Å². The van der Waals surface area contributed by atoms with E-state index in [1.807, 2.05) is 6.92 Å². The quantitative estimate of drug-likeness (QED) is 0.853. The molecule has 0 radical (unpaired) electrons. The van der Waals surface area contributed by atoms with Gasteiger partial charge in [-0.05, 0) is 37.3 Å². The highest BCUT2D eigenvalue weighted by atomic mass is 15.3. The molecule has 0 N–H and O–H groups in total. The van der Waals surface area contributed by atoms with Crippen LogP contribution in [0.5, 0.6) is 0 Å². The smallest absolute Gasteiger partial charge is 0.139 e. The molecule has 4 heteroatoms. The van der Waals surface area contributed by atoms with E-state index in [1.54, 1.807) is 5.57 Å². The highest BCUT2D eigenvalue weighted by molar-refractivity contribution is 5.41. The lowest BCUT2D eigenvalue weighted by molar-refractivity contribution is 0.250. The number of hydrogen-bond donors (Lipinski definition) is 0. The Morgan fingerprint density at radius 2 is 1.96 bits per heavy atom. The molecule has 4 nitrogen and oxygen atoms in total. The molecule has 2 aliphatic heterocycles. The van der Waals surface area contributed by atoms with E-state index < -0.39 is 0 Å². The van der Waals surface area contributed by atoms with E-state index in [0.717, 1.165) is 18.2 Å². The Morgan fingerprint density at radius 3 is 2.71 bits per heavy atom. The molecule has 2 atom stereocenters. The van der Waals surface area contributed by atoms with E-state index in [2.05, 4.69) is 70.0 Å². The Bertz CT molecular complexity index is 744. The van der Waals surface area contributed by atoms with Crippen molar-refractivity contribution >= 4 is 6.20 Å². The van der Waals surface area contributed by atoms with E-state index >= 15 is 0 Å². The monoisotopic (exact) mass is 322 g/mol. The number of benzene rings is 1. The number of aryl methyl sites for hydroxylation is 1. The summed E-state index contributed by atoms with van der Waals surface area (Å²) >= 11 is 0. The summed E-state index contributed by atoms with van der Waals surface area (Å²) in [7, 11) is 0. The maximum absolute atomic E-state index is 4.36. The molecule has 2 bridgehead atoms. The van der Waals surface area contributed by atoms with E-state index in [-0.39, 0.29) is 0 Å². The normalized spacial score (nSPS) is 25.2. The fraction of sp³-hybridized carbons (Fsp3) is 0.500. The molecule has 2 saturated heterocycles. The maximum Gasteiger partial charge on any atom is 0.139 e. The SMILES string of the molecule is Cc1nnc(C(C)C)n1/C=C1\CC2CCC1N2Cc1ccccc1. The van der Waals surface area contributed by atoms with Crippen molar-refractivity contribution in [3.8, 4) is 0 Å². The molecular formula is C20H26N4. The minimum Gasteiger partial charge on any atom is -0.290 e. The summed E-state index contributed by atoms with van der Waals surface area (Å²) in [5, 5.41) is 8.64. The number of fused-ring (bicyclic) bond motifs is 2. The van der Waals surface area contributed by atoms with E-state index in [0.29, 0.717) is 18.0 Å². The largest absolute Gasteiger partial charge is 0.290 e. The highest BCUT2D eigenvalue weighted by Gasteiger charge is 2.42. The summed E-state index contributed by atoms with van der Waals surface area (Å²) in [4.78, 5) is 2.69. The first-order valence-corrected chi connectivity index (χ1v) is 9.05. The standard InChI is InChI=1S/C20H26N4/c1-14(2)20-22-21-15(3)23(20)13-17-11-18-9-10-19(17)24(18)12-16-7-5-4-6-8-16/h4-8,13-14,18-19H,9-12H2,1-3H3/b17-13+. The van der Waals surface area contributed by atoms with Crippen LogP contribution in [0.4, 0.5) is 0 Å². The molecule has 1 aromatic heterocycles. The Morgan fingerprint density at radius 1 is 1.17 bits per heavy atom. The zero-order valence-corrected chi connectivity index (χ0v) is 14.8. The minimum atomic E-state index is 0.391. The van der Waals surface area contributed by atoms with Gasteiger partial charge in [0.15, 0.2) is 0 Å². The van der Waals surface area contributed by atoms with Gasteiger partial charge in [-0.1, -0.05) is 44.2 Å². The topological polar surface area (TPSA) is 34.0 Å². The maximum atomic E-state index is 4.36. The summed E-state index contributed by atoms with van der Waals surface area (Å²) in [6.45, 7) is 7.47. The van der Waals surface area contributed by atoms with Crippen LogP contribution in [0.2, 0.25) is 0 Å². The predicted octanol–water partition coefficient (Wildman–Crippen LogP) is 3.99. The first-order valence-electron chi connectivity index (χ1n) is 9.05. The predicted molar refractivity (Wildman–Crippen MR) is 96.5 cm³/mol. The third-order valence-corrected chi connectivity index (χ3v) is 5.45. The number of aromatic nitrogens is 3. The summed E-state index contributed by atoms with van der Waals surface area (Å²) in [5.41, 5.74) is 2.96. The molecule has 0 aliphatic carbocycles. The van der Waals surface area contributed by atoms with Crippen molar-refractivity contribution in [2.24, 2.45) is 0 Å². The van der Waals surface area contributed by atoms with Crippen LogP contribution in [0.25, 0.3) is 6.20 Å². The summed E-state index contributed by atoms with van der Waals surface area (Å²) in [5.74, 6) is 2.45. The van der Waals surface area contributed by atoms with Crippen LogP contribution in [0.15, 0.2) is 35.9 Å². The third kappa shape index (κ3) is 2.69. The summed E-state index contributed by atoms with van der Waals surface area (Å²) < 4.78 is 2.21. The second-order valence-corrected chi connectivity index (χ2v) is 7.44. The molecular weight excluding hydrogens is 296 g/mol. The lowest BCUT2D eigenvalue weighted by Gasteiger charge is -2.21. The third-order valence-electron chi connectivity index (χ3n) is 5.45. The van der Waals surface area contributed by atoms with Crippen LogP contribution in [0.1, 0.15) is 56.2 Å². The Balaban J connectivity index is 1.60. The molecule has 2 aromatic rings. The van der Waals surface area contributed by atoms with Gasteiger partial charge in [0.05, 0.1) is 0 Å². The van der Waals surface area contributed by atoms with Crippen molar-refractivity contribution < 1.29 is 0 Å². The number of nitrogens with zero attached hydrogens (tertiary/aromatic N) is 4. The Labute approximate surface area is 144 Å². The number of hydrogen-bond acceptors (Lipinski definition) is 3. The van der Waals surface area contributed by atoms with Crippen LogP contribution in [0.3, 0.4) is 0 Å². The molecule has 4 rings (SSSR count). The van der Waals surface area contributed by atoms with Gasteiger partial charge in [-0.2, -0.15) is 0 Å². The number of rotatable bonds is 4. The van der Waals surface area contributed by atoms with Crippen LogP contribution in [0, 0.1) is 6.92 Å². The summed E-state index contributed by atoms with van der Waals surface area (Å²) in [6.07, 6.45) is 6.12. The van der Waals surface area contributed by atoms with Crippen LogP contribution < -0.4 is 0 Å². The fourth-order valence-corrected chi connectivity index (χ4v) is 4.24. The summed E-state index contributed by atoms with van der Waals surface area (Å²) in [6, 6.07) is 12.1. The van der Waals surface area contributed by atoms with Crippen molar-refractivity contribution in [1.29, 1.82) is 0 Å². The molecule has 2 aliphatic rings. The average Bonchev–Trinajstić information content (AvgIpc) is 3.23. The van der Waals surface area contributed by atoms with Gasteiger partial charge in [-0.15, -0.1) is 10.2 Å². The van der Waals surface area contributed by atoms with Crippen molar-refractivity contribution in [3.05, 3.63) is 53.1 Å². The van der Waals surface area contributed by atoms with E-state index in [4.69, 9.17) is 0 Å². The van der Waals surface area contributed by atoms with Gasteiger partial charge in [-0.25, -0.2) is 0 Å². The molecule has 2 fully saturated rings. The first kappa shape index (κ1) is 15.6. The first-order chi connectivity index (χ1) is 11.6. The Kier molecular flexibility index (Phi) is 4.01. The lowest BCUT2D eigenvalue weighted by Crippen LogP contribution is -2.28. The minimum absolute atomic E-state index is 0.391. The lowest BCUT2D eigenvalue weighted by atomic mass is 9.96. The second-order valence-electron chi connectivity index (χ2n) is 7.44. The second kappa shape index (κ2) is 6.17. The molecule has 1 aromatic carbocycles. The molecule has 0 saturated carbocycles. The van der Waals surface area contributed by atoms with Crippen LogP contribution in [-0.2, 0) is 6.54 Å². The fourth-order valence-electron chi connectivity index (χ4n) is 4.24. The molecule has 2 unspecified atom stereocenters. The molecule has 0 spiro atoms. The molecule has 24 heavy (non-hydrogen) atoms. The van der Waals surface area contributed by atoms with Gasteiger partial charge in [0.1, 0.15) is 11.6 Å². The average molecular weight is 322 g/mol. The van der Waals surface area contributed by atoms with Crippen molar-refractivity contribution in [3.63, 3.8) is 0 Å². The Hall–Kier alpha value is -1.94.